The number of rotatable bonds is 7. The molecule has 1 aliphatic carbocycles. The van der Waals surface area contributed by atoms with Crippen molar-refractivity contribution in [3.8, 4) is 17.1 Å². The van der Waals surface area contributed by atoms with Gasteiger partial charge < -0.3 is 4.74 Å². The van der Waals surface area contributed by atoms with Crippen LogP contribution < -0.4 is 4.74 Å². The molecule has 0 aliphatic heterocycles. The fraction of sp³-hybridized carbons (Fsp3) is 0.241. The highest BCUT2D eigenvalue weighted by Gasteiger charge is 2.32. The number of pyridine rings is 1. The lowest BCUT2D eigenvalue weighted by atomic mass is 9.92. The van der Waals surface area contributed by atoms with E-state index >= 15 is 0 Å². The van der Waals surface area contributed by atoms with Crippen molar-refractivity contribution in [1.82, 2.24) is 25.6 Å². The van der Waals surface area contributed by atoms with E-state index in [9.17, 15) is 0 Å². The number of fused-ring (bicyclic) bond motifs is 1. The molecule has 3 aromatic carbocycles. The molecule has 5 aromatic rings. The molecule has 36 heavy (non-hydrogen) atoms. The molecular weight excluding hydrogens is 465 g/mol. The van der Waals surface area contributed by atoms with Crippen LogP contribution in [0, 0.1) is 0 Å². The summed E-state index contributed by atoms with van der Waals surface area (Å²) in [5.41, 5.74) is 6.73. The summed E-state index contributed by atoms with van der Waals surface area (Å²) in [6, 6.07) is 27.3. The van der Waals surface area contributed by atoms with Gasteiger partial charge in [-0.2, -0.15) is 5.21 Å². The van der Waals surface area contributed by atoms with Gasteiger partial charge in [0.15, 0.2) is 0 Å². The number of aromatic amines is 1. The van der Waals surface area contributed by atoms with Crippen molar-refractivity contribution in [2.24, 2.45) is 0 Å². The topological polar surface area (TPSA) is 76.6 Å². The van der Waals surface area contributed by atoms with Gasteiger partial charge >= 0.3 is 0 Å². The molecule has 6 nitrogen and oxygen atoms in total. The van der Waals surface area contributed by atoms with Gasteiger partial charge in [-0.05, 0) is 71.5 Å². The van der Waals surface area contributed by atoms with E-state index in [-0.39, 0.29) is 5.16 Å². The van der Waals surface area contributed by atoms with Crippen LogP contribution in [0.25, 0.3) is 22.3 Å². The summed E-state index contributed by atoms with van der Waals surface area (Å²) in [5.74, 6) is 1.44. The molecule has 1 atom stereocenters. The van der Waals surface area contributed by atoms with Crippen molar-refractivity contribution < 1.29 is 4.74 Å². The van der Waals surface area contributed by atoms with Crippen molar-refractivity contribution in [1.29, 1.82) is 0 Å². The summed E-state index contributed by atoms with van der Waals surface area (Å²) in [6.07, 6.45) is 5.86. The summed E-state index contributed by atoms with van der Waals surface area (Å²) in [4.78, 5) is 4.91. The maximum absolute atomic E-state index is 6.07. The van der Waals surface area contributed by atoms with E-state index in [0.29, 0.717) is 12.4 Å². The van der Waals surface area contributed by atoms with Crippen LogP contribution in [-0.4, -0.2) is 25.6 Å². The lowest BCUT2D eigenvalue weighted by molar-refractivity contribution is 0.301. The Bertz CT molecular complexity index is 1480. The molecule has 0 amide bonds. The second kappa shape index (κ2) is 9.79. The maximum Gasteiger partial charge on any atom is 0.204 e. The Hall–Kier alpha value is -3.63. The van der Waals surface area contributed by atoms with E-state index in [4.69, 9.17) is 9.72 Å². The molecule has 1 unspecified atom stereocenters. The number of nitrogens with zero attached hydrogens (tertiary/aromatic N) is 4. The van der Waals surface area contributed by atoms with E-state index in [1.54, 1.807) is 0 Å². The van der Waals surface area contributed by atoms with Gasteiger partial charge in [-0.15, -0.1) is 19.4 Å². The van der Waals surface area contributed by atoms with Crippen molar-refractivity contribution >= 4 is 20.1 Å². The Kier molecular flexibility index (Phi) is 6.20. The maximum atomic E-state index is 6.07. The summed E-state index contributed by atoms with van der Waals surface area (Å²) >= 11 is 0. The average Bonchev–Trinajstić information content (AvgIpc) is 3.61. The first-order chi connectivity index (χ1) is 17.7. The number of hydrogen-bond acceptors (Lipinski definition) is 5. The van der Waals surface area contributed by atoms with E-state index in [2.05, 4.69) is 84.5 Å². The second-order valence-corrected chi connectivity index (χ2v) is 10.7. The third-order valence-corrected chi connectivity index (χ3v) is 7.96. The molecule has 2 heterocycles. The molecule has 180 valence electrons. The van der Waals surface area contributed by atoms with Gasteiger partial charge in [0.05, 0.1) is 11.2 Å². The van der Waals surface area contributed by atoms with E-state index in [0.717, 1.165) is 28.9 Å². The molecule has 1 saturated carbocycles. The summed E-state index contributed by atoms with van der Waals surface area (Å²) < 4.78 is 6.07. The van der Waals surface area contributed by atoms with Crippen LogP contribution in [-0.2, 0) is 18.2 Å². The first-order valence-corrected chi connectivity index (χ1v) is 13.0. The van der Waals surface area contributed by atoms with E-state index in [1.807, 2.05) is 24.3 Å². The largest absolute Gasteiger partial charge is 0.487 e. The molecule has 1 aliphatic rings. The molecule has 0 bridgehead atoms. The number of ether oxygens (including phenoxy) is 1. The summed E-state index contributed by atoms with van der Waals surface area (Å²) in [7, 11) is 3.13. The van der Waals surface area contributed by atoms with Crippen LogP contribution in [0.2, 0.25) is 0 Å². The third-order valence-electron chi connectivity index (χ3n) is 7.07. The Labute approximate surface area is 212 Å². The first kappa shape index (κ1) is 22.8. The van der Waals surface area contributed by atoms with E-state index < -0.39 is 0 Å². The molecular formula is C29H28N5OP. The SMILES string of the molecule is PC1(c2cccc3nc(COc4ccc(Cc5cccc(-c6nn[nH]n6)c5)cc4)ccc23)CCCC1. The van der Waals surface area contributed by atoms with Crippen molar-refractivity contribution in [2.45, 2.75) is 43.9 Å². The highest BCUT2D eigenvalue weighted by molar-refractivity contribution is 7.18. The lowest BCUT2D eigenvalue weighted by Crippen LogP contribution is -2.13. The van der Waals surface area contributed by atoms with Gasteiger partial charge in [-0.25, -0.2) is 4.98 Å². The lowest BCUT2D eigenvalue weighted by Gasteiger charge is -2.25. The van der Waals surface area contributed by atoms with E-state index in [1.165, 1.54) is 47.8 Å². The average molecular weight is 494 g/mol. The molecule has 0 spiro atoms. The van der Waals surface area contributed by atoms with Crippen LogP contribution in [0.3, 0.4) is 0 Å². The normalized spacial score (nSPS) is 14.8. The summed E-state index contributed by atoms with van der Waals surface area (Å²) in [5, 5.41) is 15.7. The zero-order valence-electron chi connectivity index (χ0n) is 20.0. The standard InChI is InChI=1S/C29H28N5OP/c36-29(15-1-2-16-29)26-7-4-8-27-25(26)14-11-23(30-27)19-35-24-12-9-20(10-13-24)17-21-5-3-6-22(18-21)28-31-33-34-32-28/h3-14,18H,1-2,15-17,19,36H2,(H,31,32,33,34). The fourth-order valence-electron chi connectivity index (χ4n) is 5.19. The molecule has 7 heteroatoms. The zero-order valence-corrected chi connectivity index (χ0v) is 21.2. The minimum atomic E-state index is 0.190. The van der Waals surface area contributed by atoms with Crippen LogP contribution in [0.4, 0.5) is 0 Å². The fourth-order valence-corrected chi connectivity index (χ4v) is 5.85. The number of hydrogen-bond donors (Lipinski definition) is 1. The minimum absolute atomic E-state index is 0.190. The Morgan fingerprint density at radius 1 is 0.889 bits per heavy atom. The molecule has 1 N–H and O–H groups in total. The minimum Gasteiger partial charge on any atom is -0.487 e. The predicted molar refractivity (Wildman–Crippen MR) is 145 cm³/mol. The number of aromatic nitrogens is 5. The number of benzene rings is 3. The van der Waals surface area contributed by atoms with Crippen molar-refractivity contribution in [2.75, 3.05) is 0 Å². The van der Waals surface area contributed by atoms with Crippen LogP contribution in [0.5, 0.6) is 5.75 Å². The van der Waals surface area contributed by atoms with Crippen molar-refractivity contribution in [3.63, 3.8) is 0 Å². The van der Waals surface area contributed by atoms with Gasteiger partial charge in [-0.1, -0.05) is 61.4 Å². The van der Waals surface area contributed by atoms with Crippen LogP contribution in [0.15, 0.2) is 78.9 Å². The van der Waals surface area contributed by atoms with Gasteiger partial charge in [0.2, 0.25) is 5.82 Å². The first-order valence-electron chi connectivity index (χ1n) is 12.4. The smallest absolute Gasteiger partial charge is 0.204 e. The van der Waals surface area contributed by atoms with Crippen LogP contribution in [0.1, 0.15) is 48.1 Å². The van der Waals surface area contributed by atoms with Crippen LogP contribution >= 0.6 is 9.24 Å². The number of H-pyrrole nitrogens is 1. The van der Waals surface area contributed by atoms with Gasteiger partial charge in [0.25, 0.3) is 0 Å². The Morgan fingerprint density at radius 2 is 1.72 bits per heavy atom. The molecule has 0 radical (unpaired) electrons. The second-order valence-electron chi connectivity index (χ2n) is 9.58. The van der Waals surface area contributed by atoms with Gasteiger partial charge in [-0.3, -0.25) is 0 Å². The van der Waals surface area contributed by atoms with Crippen molar-refractivity contribution in [3.05, 3.63) is 101 Å². The zero-order chi connectivity index (χ0) is 24.4. The molecule has 1 fully saturated rings. The molecule has 2 aromatic heterocycles. The Balaban J connectivity index is 1.12. The summed E-state index contributed by atoms with van der Waals surface area (Å²) in [6.45, 7) is 0.443. The Morgan fingerprint density at radius 3 is 2.53 bits per heavy atom. The predicted octanol–water partition coefficient (Wildman–Crippen LogP) is 6.23. The van der Waals surface area contributed by atoms with Gasteiger partial charge in [0.1, 0.15) is 12.4 Å². The number of nitrogens with one attached hydrogen (secondary N) is 1. The molecule has 0 saturated heterocycles. The van der Waals surface area contributed by atoms with Gasteiger partial charge in [0, 0.05) is 16.1 Å². The quantitative estimate of drug-likeness (QED) is 0.272. The molecule has 6 rings (SSSR count). The number of tetrazole rings is 1. The highest BCUT2D eigenvalue weighted by Crippen LogP contribution is 2.48. The monoisotopic (exact) mass is 493 g/mol. The third kappa shape index (κ3) is 4.74. The highest BCUT2D eigenvalue weighted by atomic mass is 31.0.